The van der Waals surface area contributed by atoms with E-state index in [2.05, 4.69) is 13.2 Å². The monoisotopic (exact) mass is 854 g/mol. The molecule has 0 aliphatic carbocycles. The predicted octanol–water partition coefficient (Wildman–Crippen LogP) is -0.752. The van der Waals surface area contributed by atoms with E-state index in [0.29, 0.717) is 0 Å². The predicted molar refractivity (Wildman–Crippen MR) is 173 cm³/mol. The average Bonchev–Trinajstić information content (AvgIpc) is 2.91. The third kappa shape index (κ3) is 10.4. The topological polar surface area (TPSA) is 343 Å². The molecule has 0 spiro atoms. The molecule has 0 radical (unpaired) electrons. The Morgan fingerprint density at radius 1 is 0.353 bits per heavy atom. The van der Waals surface area contributed by atoms with Crippen LogP contribution in [-0.4, -0.2) is 147 Å². The molecule has 0 amide bonds. The summed E-state index contributed by atoms with van der Waals surface area (Å²) in [5, 5.41) is -1.49. The molecule has 0 saturated carbocycles. The van der Waals surface area contributed by atoms with Crippen LogP contribution in [0, 0.1) is 0 Å². The van der Waals surface area contributed by atoms with Gasteiger partial charge in [0.15, 0.2) is 0 Å². The molecule has 0 saturated heterocycles. The summed E-state index contributed by atoms with van der Waals surface area (Å²) in [7, 11) is -34.1. The summed E-state index contributed by atoms with van der Waals surface area (Å²) >= 11 is 0. The molecule has 51 heavy (non-hydrogen) atoms. The van der Waals surface area contributed by atoms with Gasteiger partial charge in [0.25, 0.3) is 0 Å². The molecule has 4 rings (SSSR count). The molecular weight excluding hydrogens is 842 g/mol. The van der Waals surface area contributed by atoms with Gasteiger partial charge in [-0.25, -0.2) is 50.5 Å². The van der Waals surface area contributed by atoms with E-state index in [4.69, 9.17) is 0 Å². The summed E-state index contributed by atoms with van der Waals surface area (Å²) < 4.78 is 207. The molecule has 18 nitrogen and oxygen atoms in total. The van der Waals surface area contributed by atoms with Crippen LogP contribution in [0.2, 0.25) is 0 Å². The van der Waals surface area contributed by atoms with E-state index in [1.807, 2.05) is 0 Å². The van der Waals surface area contributed by atoms with Crippen molar-refractivity contribution in [1.29, 1.82) is 0 Å². The molecule has 0 unspecified atom stereocenters. The molecule has 4 aromatic rings. The van der Waals surface area contributed by atoms with E-state index in [-0.39, 0.29) is 79.9 Å². The normalized spacial score (nSPS) is 12.4. The van der Waals surface area contributed by atoms with Crippen LogP contribution in [-0.2, 0) is 60.7 Å². The Hall–Kier alpha value is -1.36. The second-order valence-corrected chi connectivity index (χ2v) is 16.9. The zero-order valence-electron chi connectivity index (χ0n) is 25.1. The zero-order chi connectivity index (χ0) is 37.0. The van der Waals surface area contributed by atoms with Crippen LogP contribution in [0.3, 0.4) is 0 Å². The SMILES string of the molecule is C=Cc1c(S(=O)(=O)[O-])c(S(=O)(=O)[O-])c(S(=O)(=O)[O-])c2ccccc12.C=Cc1c(S(=O)(=O)[O-])c(S(=O)(=O)[O-])c(S(=O)(=O)[O-])c2ccccc12.[Mg+2].[Mg+2].[Mg+2]. The molecule has 0 heterocycles. The van der Waals surface area contributed by atoms with E-state index in [9.17, 15) is 77.8 Å². The van der Waals surface area contributed by atoms with Crippen molar-refractivity contribution in [3.63, 3.8) is 0 Å². The van der Waals surface area contributed by atoms with Gasteiger partial charge < -0.3 is 27.3 Å². The Kier molecular flexibility index (Phi) is 16.5. The molecule has 0 bridgehead atoms. The maximum Gasteiger partial charge on any atom is 2.00 e. The second kappa shape index (κ2) is 17.0. The van der Waals surface area contributed by atoms with E-state index < -0.39 is 112 Å². The summed E-state index contributed by atoms with van der Waals surface area (Å²) in [5.41, 5.74) is -1.16. The zero-order valence-corrected chi connectivity index (χ0v) is 34.2. The molecule has 0 aliphatic heterocycles. The summed E-state index contributed by atoms with van der Waals surface area (Å²) in [6, 6.07) is 9.42. The summed E-state index contributed by atoms with van der Waals surface area (Å²) in [4.78, 5) is -10.1. The van der Waals surface area contributed by atoms with Gasteiger partial charge in [-0.05, 0) is 10.8 Å². The van der Waals surface area contributed by atoms with Crippen LogP contribution in [0.15, 0.2) is 91.1 Å². The third-order valence-corrected chi connectivity index (χ3v) is 12.2. The van der Waals surface area contributed by atoms with Crippen LogP contribution >= 0.6 is 0 Å². The van der Waals surface area contributed by atoms with Crippen molar-refractivity contribution in [2.24, 2.45) is 0 Å². The van der Waals surface area contributed by atoms with Gasteiger partial charge in [-0.2, -0.15) is 0 Å². The molecule has 27 heteroatoms. The van der Waals surface area contributed by atoms with Gasteiger partial charge >= 0.3 is 69.2 Å². The van der Waals surface area contributed by atoms with Gasteiger partial charge in [0.1, 0.15) is 60.7 Å². The molecule has 0 aromatic heterocycles. The molecule has 0 aliphatic rings. The van der Waals surface area contributed by atoms with Crippen molar-refractivity contribution in [1.82, 2.24) is 0 Å². The summed E-state index contributed by atoms with van der Waals surface area (Å²) in [5.74, 6) is 0. The molecule has 0 fully saturated rings. The van der Waals surface area contributed by atoms with Crippen molar-refractivity contribution < 1.29 is 77.8 Å². The van der Waals surface area contributed by atoms with Gasteiger partial charge in [0.2, 0.25) is 0 Å². The van der Waals surface area contributed by atoms with Crippen molar-refractivity contribution in [3.05, 3.63) is 72.8 Å². The first-order chi connectivity index (χ1) is 21.6. The van der Waals surface area contributed by atoms with Crippen molar-refractivity contribution in [2.75, 3.05) is 0 Å². The first kappa shape index (κ1) is 49.6. The van der Waals surface area contributed by atoms with Crippen LogP contribution in [0.5, 0.6) is 0 Å². The maximum absolute atomic E-state index is 11.5. The summed E-state index contributed by atoms with van der Waals surface area (Å²) in [6.45, 7) is 6.48. The van der Waals surface area contributed by atoms with Gasteiger partial charge in [0, 0.05) is 21.9 Å². The maximum atomic E-state index is 11.5. The largest absolute Gasteiger partial charge is 2.00 e. The first-order valence-corrected chi connectivity index (χ1v) is 20.2. The number of hydrogen-bond donors (Lipinski definition) is 0. The molecule has 260 valence electrons. The molecule has 0 N–H and O–H groups in total. The second-order valence-electron chi connectivity index (χ2n) is 9.03. The Labute approximate surface area is 340 Å². The Morgan fingerprint density at radius 2 is 0.549 bits per heavy atom. The molecule has 4 aromatic carbocycles. The fraction of sp³-hybridized carbons (Fsp3) is 0. The Bertz CT molecular complexity index is 2560. The number of rotatable bonds is 8. The minimum Gasteiger partial charge on any atom is -0.744 e. The minimum atomic E-state index is -5.81. The Morgan fingerprint density at radius 3 is 0.725 bits per heavy atom. The van der Waals surface area contributed by atoms with Gasteiger partial charge in [-0.15, -0.1) is 0 Å². The van der Waals surface area contributed by atoms with Crippen LogP contribution < -0.4 is 0 Å². The van der Waals surface area contributed by atoms with E-state index in [1.54, 1.807) is 0 Å². The number of fused-ring (bicyclic) bond motifs is 2. The first-order valence-electron chi connectivity index (χ1n) is 11.8. The third-order valence-electron chi connectivity index (χ3n) is 6.15. The fourth-order valence-corrected chi connectivity index (χ4v) is 11.7. The number of benzene rings is 4. The van der Waals surface area contributed by atoms with Crippen molar-refractivity contribution in [2.45, 2.75) is 29.4 Å². The van der Waals surface area contributed by atoms with Gasteiger partial charge in [-0.1, -0.05) is 73.8 Å². The molecule has 0 atom stereocenters. The average molecular weight is 856 g/mol. The van der Waals surface area contributed by atoms with Crippen molar-refractivity contribution in [3.8, 4) is 0 Å². The van der Waals surface area contributed by atoms with Gasteiger partial charge in [-0.3, -0.25) is 0 Å². The Balaban J connectivity index is 0.000000926. The fourth-order valence-electron chi connectivity index (χ4n) is 4.62. The van der Waals surface area contributed by atoms with E-state index >= 15 is 0 Å². The van der Waals surface area contributed by atoms with Gasteiger partial charge in [0.05, 0.1) is 29.4 Å². The molecular formula is C24H14Mg3O18S6. The quantitative estimate of drug-likeness (QED) is 0.155. The van der Waals surface area contributed by atoms with Crippen LogP contribution in [0.1, 0.15) is 11.1 Å². The smallest absolute Gasteiger partial charge is 0.744 e. The minimum absolute atomic E-state index is 0. The summed E-state index contributed by atoms with van der Waals surface area (Å²) in [6.07, 6.45) is 1.56. The van der Waals surface area contributed by atoms with E-state index in [1.165, 1.54) is 24.3 Å². The standard InChI is InChI=1S/2C12H10O9S3.3Mg/c2*1-2-7-8-5-3-4-6-9(8)11(23(16,17)18)12(24(19,20)21)10(7)22(13,14)15;;;/h2*2-6H,1H2,(H,13,14,15)(H,16,17,18)(H,19,20,21);;;/q;;3*+2/p-6. The van der Waals surface area contributed by atoms with Crippen LogP contribution in [0.4, 0.5) is 0 Å². The number of hydrogen-bond acceptors (Lipinski definition) is 18. The van der Waals surface area contributed by atoms with E-state index in [0.717, 1.165) is 36.4 Å². The van der Waals surface area contributed by atoms with Crippen LogP contribution in [0.25, 0.3) is 33.7 Å². The van der Waals surface area contributed by atoms with Crippen molar-refractivity contribution >= 4 is 164 Å².